The molecule has 0 aliphatic rings. The summed E-state index contributed by atoms with van der Waals surface area (Å²) in [4.78, 5) is 4.51. The Kier molecular flexibility index (Phi) is 4.97. The van der Waals surface area contributed by atoms with Gasteiger partial charge in [-0.1, -0.05) is 19.1 Å². The van der Waals surface area contributed by atoms with E-state index in [1.807, 2.05) is 19.2 Å². The lowest BCUT2D eigenvalue weighted by atomic mass is 10.1. The van der Waals surface area contributed by atoms with E-state index in [0.717, 1.165) is 29.2 Å². The van der Waals surface area contributed by atoms with Gasteiger partial charge in [-0.3, -0.25) is 4.98 Å². The van der Waals surface area contributed by atoms with Crippen molar-refractivity contribution >= 4 is 0 Å². The highest BCUT2D eigenvalue weighted by atomic mass is 16.5. The Morgan fingerprint density at radius 2 is 1.81 bits per heavy atom. The van der Waals surface area contributed by atoms with Crippen LogP contribution in [0.4, 0.5) is 0 Å². The summed E-state index contributed by atoms with van der Waals surface area (Å²) in [6, 6.07) is 8.52. The van der Waals surface area contributed by atoms with Gasteiger partial charge in [-0.15, -0.1) is 0 Å². The second kappa shape index (κ2) is 6.72. The average Bonchev–Trinajstić information content (AvgIpc) is 2.50. The molecule has 0 spiro atoms. The van der Waals surface area contributed by atoms with Gasteiger partial charge >= 0.3 is 0 Å². The minimum absolute atomic E-state index is 0.293. The minimum atomic E-state index is 0.293. The molecule has 0 aliphatic carbocycles. The summed E-state index contributed by atoms with van der Waals surface area (Å²) in [7, 11) is 1.96. The minimum Gasteiger partial charge on any atom is -0.455 e. The summed E-state index contributed by atoms with van der Waals surface area (Å²) in [5.41, 5.74) is 4.61. The topological polar surface area (TPSA) is 34.1 Å². The van der Waals surface area contributed by atoms with Crippen molar-refractivity contribution in [1.29, 1.82) is 0 Å². The Morgan fingerprint density at radius 3 is 2.38 bits per heavy atom. The normalized spacial score (nSPS) is 12.2. The maximum absolute atomic E-state index is 6.04. The molecule has 3 nitrogen and oxygen atoms in total. The number of benzene rings is 1. The van der Waals surface area contributed by atoms with Crippen molar-refractivity contribution < 1.29 is 4.74 Å². The summed E-state index contributed by atoms with van der Waals surface area (Å²) in [5, 5.41) is 3.26. The zero-order valence-electron chi connectivity index (χ0n) is 13.5. The van der Waals surface area contributed by atoms with Gasteiger partial charge in [-0.2, -0.15) is 0 Å². The Labute approximate surface area is 127 Å². The van der Waals surface area contributed by atoms with Crippen molar-refractivity contribution in [2.45, 2.75) is 40.2 Å². The van der Waals surface area contributed by atoms with Crippen molar-refractivity contribution in [2.24, 2.45) is 0 Å². The molecule has 0 amide bonds. The van der Waals surface area contributed by atoms with Crippen LogP contribution in [0.25, 0.3) is 0 Å². The molecule has 1 unspecified atom stereocenters. The molecule has 21 heavy (non-hydrogen) atoms. The second-order valence-electron chi connectivity index (χ2n) is 5.42. The fourth-order valence-electron chi connectivity index (χ4n) is 2.42. The number of aryl methyl sites for hydroxylation is 2. The van der Waals surface area contributed by atoms with E-state index in [1.165, 1.54) is 11.1 Å². The van der Waals surface area contributed by atoms with Crippen LogP contribution in [0.2, 0.25) is 0 Å². The van der Waals surface area contributed by atoms with E-state index in [-0.39, 0.29) is 0 Å². The Bertz CT molecular complexity index is 601. The summed E-state index contributed by atoms with van der Waals surface area (Å²) in [6.45, 7) is 8.40. The van der Waals surface area contributed by atoms with Gasteiger partial charge in [0.05, 0.1) is 11.9 Å². The van der Waals surface area contributed by atoms with E-state index in [0.29, 0.717) is 6.04 Å². The Morgan fingerprint density at radius 1 is 1.10 bits per heavy atom. The van der Waals surface area contributed by atoms with Gasteiger partial charge in [0, 0.05) is 6.04 Å². The number of aromatic nitrogens is 1. The molecule has 0 saturated heterocycles. The quantitative estimate of drug-likeness (QED) is 0.879. The molecule has 0 fully saturated rings. The van der Waals surface area contributed by atoms with Crippen molar-refractivity contribution in [3.05, 3.63) is 52.8 Å². The standard InChI is InChI=1S/C18H24N2O/c1-6-16(19-5)17-10-9-15(11-20-17)21-18-13(3)8-7-12(2)14(18)4/h7-11,16,19H,6H2,1-5H3. The molecule has 2 rings (SSSR count). The van der Waals surface area contributed by atoms with E-state index in [2.05, 4.69) is 50.1 Å². The predicted molar refractivity (Wildman–Crippen MR) is 87.1 cm³/mol. The van der Waals surface area contributed by atoms with Gasteiger partial charge in [-0.25, -0.2) is 0 Å². The lowest BCUT2D eigenvalue weighted by Gasteiger charge is -2.15. The molecule has 1 aromatic carbocycles. The van der Waals surface area contributed by atoms with Crippen LogP contribution in [0.1, 0.15) is 41.8 Å². The lowest BCUT2D eigenvalue weighted by Crippen LogP contribution is -2.16. The summed E-state index contributed by atoms with van der Waals surface area (Å²) in [5.74, 6) is 1.71. The third-order valence-corrected chi connectivity index (χ3v) is 3.97. The molecule has 2 aromatic rings. The highest BCUT2D eigenvalue weighted by molar-refractivity contribution is 5.46. The number of hydrogen-bond acceptors (Lipinski definition) is 3. The van der Waals surface area contributed by atoms with Crippen molar-refractivity contribution in [2.75, 3.05) is 7.05 Å². The van der Waals surface area contributed by atoms with E-state index in [1.54, 1.807) is 6.20 Å². The SMILES string of the molecule is CCC(NC)c1ccc(Oc2c(C)ccc(C)c2C)cn1. The van der Waals surface area contributed by atoms with Gasteiger partial charge in [0.1, 0.15) is 11.5 Å². The van der Waals surface area contributed by atoms with Crippen molar-refractivity contribution in [1.82, 2.24) is 10.3 Å². The van der Waals surface area contributed by atoms with Crippen LogP contribution in [-0.2, 0) is 0 Å². The molecular formula is C18H24N2O. The number of pyridine rings is 1. The van der Waals surface area contributed by atoms with E-state index >= 15 is 0 Å². The van der Waals surface area contributed by atoms with E-state index in [4.69, 9.17) is 4.74 Å². The van der Waals surface area contributed by atoms with Crippen LogP contribution in [0.3, 0.4) is 0 Å². The first-order chi connectivity index (χ1) is 10.1. The van der Waals surface area contributed by atoms with Gasteiger partial charge in [0.25, 0.3) is 0 Å². The van der Waals surface area contributed by atoms with Crippen molar-refractivity contribution in [3.63, 3.8) is 0 Å². The lowest BCUT2D eigenvalue weighted by molar-refractivity contribution is 0.470. The fraction of sp³-hybridized carbons (Fsp3) is 0.389. The molecule has 0 aliphatic heterocycles. The zero-order chi connectivity index (χ0) is 15.4. The number of ether oxygens (including phenoxy) is 1. The predicted octanol–water partition coefficient (Wildman–Crippen LogP) is 4.47. The number of nitrogens with one attached hydrogen (secondary N) is 1. The summed E-state index contributed by atoms with van der Waals surface area (Å²) in [6.07, 6.45) is 2.82. The molecular weight excluding hydrogens is 260 g/mol. The van der Waals surface area contributed by atoms with Crippen LogP contribution < -0.4 is 10.1 Å². The summed E-state index contributed by atoms with van der Waals surface area (Å²) >= 11 is 0. The maximum Gasteiger partial charge on any atom is 0.145 e. The smallest absolute Gasteiger partial charge is 0.145 e. The van der Waals surface area contributed by atoms with Gasteiger partial charge in [-0.05, 0) is 63.1 Å². The fourth-order valence-corrected chi connectivity index (χ4v) is 2.42. The summed E-state index contributed by atoms with van der Waals surface area (Å²) < 4.78 is 6.04. The number of rotatable bonds is 5. The molecule has 1 atom stereocenters. The maximum atomic E-state index is 6.04. The van der Waals surface area contributed by atoms with Gasteiger partial charge in [0.15, 0.2) is 0 Å². The monoisotopic (exact) mass is 284 g/mol. The molecule has 1 N–H and O–H groups in total. The number of nitrogens with zero attached hydrogens (tertiary/aromatic N) is 1. The van der Waals surface area contributed by atoms with Crippen LogP contribution >= 0.6 is 0 Å². The van der Waals surface area contributed by atoms with Crippen molar-refractivity contribution in [3.8, 4) is 11.5 Å². The third kappa shape index (κ3) is 3.42. The van der Waals surface area contributed by atoms with Crippen LogP contribution in [0, 0.1) is 20.8 Å². The third-order valence-electron chi connectivity index (χ3n) is 3.97. The van der Waals surface area contributed by atoms with E-state index in [9.17, 15) is 0 Å². The first kappa shape index (κ1) is 15.5. The molecule has 0 bridgehead atoms. The van der Waals surface area contributed by atoms with Crippen LogP contribution in [0.5, 0.6) is 11.5 Å². The second-order valence-corrected chi connectivity index (χ2v) is 5.42. The highest BCUT2D eigenvalue weighted by Gasteiger charge is 2.10. The largest absolute Gasteiger partial charge is 0.455 e. The molecule has 1 heterocycles. The van der Waals surface area contributed by atoms with E-state index < -0.39 is 0 Å². The zero-order valence-corrected chi connectivity index (χ0v) is 13.5. The average molecular weight is 284 g/mol. The highest BCUT2D eigenvalue weighted by Crippen LogP contribution is 2.30. The van der Waals surface area contributed by atoms with Gasteiger partial charge in [0.2, 0.25) is 0 Å². The van der Waals surface area contributed by atoms with Crippen LogP contribution in [0.15, 0.2) is 30.5 Å². The Balaban J connectivity index is 2.23. The Hall–Kier alpha value is -1.87. The first-order valence-corrected chi connectivity index (χ1v) is 7.44. The molecule has 1 aromatic heterocycles. The molecule has 3 heteroatoms. The molecule has 112 valence electrons. The number of hydrogen-bond donors (Lipinski definition) is 1. The van der Waals surface area contributed by atoms with Gasteiger partial charge < -0.3 is 10.1 Å². The molecule has 0 radical (unpaired) electrons. The van der Waals surface area contributed by atoms with Crippen LogP contribution in [-0.4, -0.2) is 12.0 Å². The first-order valence-electron chi connectivity index (χ1n) is 7.44. The molecule has 0 saturated carbocycles.